The fraction of sp³-hybridized carbons (Fsp3) is 0.536. The number of amides is 1. The summed E-state index contributed by atoms with van der Waals surface area (Å²) in [5.41, 5.74) is 0.393. The van der Waals surface area contributed by atoms with Gasteiger partial charge in [0.1, 0.15) is 11.0 Å². The van der Waals surface area contributed by atoms with Crippen molar-refractivity contribution in [3.05, 3.63) is 47.1 Å². The number of piperazine rings is 1. The zero-order chi connectivity index (χ0) is 29.5. The molecule has 9 nitrogen and oxygen atoms in total. The SMILES string of the molecule is CC1CC(=O)N(c2ccc(S(=O)(=O)N3CCN(c4cc(C(F)(F)[C@H]5CC[C@H](C(=O)O)CC5)cc(Cl)n4)CC3)cc2)C1. The first-order valence-corrected chi connectivity index (χ1v) is 15.6. The maximum absolute atomic E-state index is 15.5. The van der Waals surface area contributed by atoms with Crippen LogP contribution in [0.3, 0.4) is 0 Å². The van der Waals surface area contributed by atoms with Crippen LogP contribution in [0, 0.1) is 17.8 Å². The summed E-state index contributed by atoms with van der Waals surface area (Å²) in [5.74, 6) is -5.24. The minimum atomic E-state index is -3.80. The van der Waals surface area contributed by atoms with Crippen LogP contribution in [0.4, 0.5) is 20.3 Å². The van der Waals surface area contributed by atoms with Gasteiger partial charge >= 0.3 is 5.97 Å². The van der Waals surface area contributed by atoms with Gasteiger partial charge in [-0.3, -0.25) is 9.59 Å². The Balaban J connectivity index is 1.25. The van der Waals surface area contributed by atoms with Crippen molar-refractivity contribution in [2.45, 2.75) is 49.8 Å². The number of halogens is 3. The molecule has 0 spiro atoms. The first-order valence-electron chi connectivity index (χ1n) is 13.8. The number of hydrogen-bond donors (Lipinski definition) is 1. The molecule has 1 aromatic carbocycles. The summed E-state index contributed by atoms with van der Waals surface area (Å²) in [6.45, 7) is 3.33. The Bertz CT molecular complexity index is 1410. The molecule has 3 fully saturated rings. The lowest BCUT2D eigenvalue weighted by molar-refractivity contribution is -0.145. The number of anilines is 2. The number of carbonyl (C=O) groups excluding carboxylic acids is 1. The third-order valence-corrected chi connectivity index (χ3v) is 10.5. The molecule has 1 atom stereocenters. The second-order valence-electron chi connectivity index (χ2n) is 11.2. The lowest BCUT2D eigenvalue weighted by atomic mass is 9.77. The Kier molecular flexibility index (Phi) is 8.28. The quantitative estimate of drug-likeness (QED) is 0.456. The lowest BCUT2D eigenvalue weighted by Gasteiger charge is -2.36. The monoisotopic (exact) mass is 610 g/mol. The summed E-state index contributed by atoms with van der Waals surface area (Å²) >= 11 is 6.16. The van der Waals surface area contributed by atoms with E-state index in [-0.39, 0.29) is 85.1 Å². The molecule has 1 aromatic heterocycles. The Morgan fingerprint density at radius 2 is 1.68 bits per heavy atom. The van der Waals surface area contributed by atoms with Crippen LogP contribution in [-0.4, -0.2) is 67.4 Å². The molecule has 0 bridgehead atoms. The van der Waals surface area contributed by atoms with E-state index < -0.39 is 33.8 Å². The first-order chi connectivity index (χ1) is 19.4. The molecule has 1 aliphatic carbocycles. The molecule has 3 aliphatic rings. The molecule has 2 saturated heterocycles. The maximum atomic E-state index is 15.5. The van der Waals surface area contributed by atoms with E-state index in [2.05, 4.69) is 4.98 Å². The third-order valence-electron chi connectivity index (χ3n) is 8.42. The molecule has 3 heterocycles. The van der Waals surface area contributed by atoms with Crippen molar-refractivity contribution in [3.63, 3.8) is 0 Å². The van der Waals surface area contributed by atoms with Crippen molar-refractivity contribution in [1.82, 2.24) is 9.29 Å². The van der Waals surface area contributed by atoms with Crippen LogP contribution in [0.15, 0.2) is 41.3 Å². The highest BCUT2D eigenvalue weighted by Crippen LogP contribution is 2.46. The highest BCUT2D eigenvalue weighted by atomic mass is 35.5. The fourth-order valence-electron chi connectivity index (χ4n) is 6.02. The number of aromatic nitrogens is 1. The molecule has 1 amide bonds. The van der Waals surface area contributed by atoms with Gasteiger partial charge in [0.15, 0.2) is 0 Å². The van der Waals surface area contributed by atoms with Crippen LogP contribution < -0.4 is 9.80 Å². The molecule has 1 saturated carbocycles. The van der Waals surface area contributed by atoms with Gasteiger partial charge in [-0.05, 0) is 68.0 Å². The predicted octanol–water partition coefficient (Wildman–Crippen LogP) is 4.60. The van der Waals surface area contributed by atoms with Crippen molar-refractivity contribution in [3.8, 4) is 0 Å². The van der Waals surface area contributed by atoms with E-state index in [1.807, 2.05) is 6.92 Å². The van der Waals surface area contributed by atoms with Crippen LogP contribution in [0.1, 0.15) is 44.6 Å². The number of pyridine rings is 1. The largest absolute Gasteiger partial charge is 0.481 e. The normalized spacial score (nSPS) is 24.6. The van der Waals surface area contributed by atoms with Gasteiger partial charge in [-0.15, -0.1) is 0 Å². The van der Waals surface area contributed by atoms with Crippen molar-refractivity contribution in [2.75, 3.05) is 42.5 Å². The minimum Gasteiger partial charge on any atom is -0.481 e. The summed E-state index contributed by atoms with van der Waals surface area (Å²) in [7, 11) is -3.80. The molecule has 5 rings (SSSR count). The van der Waals surface area contributed by atoms with Gasteiger partial charge in [0.2, 0.25) is 15.9 Å². The number of carboxylic acid groups (broad SMARTS) is 1. The lowest BCUT2D eigenvalue weighted by Crippen LogP contribution is -2.49. The van der Waals surface area contributed by atoms with E-state index in [1.165, 1.54) is 22.5 Å². The third kappa shape index (κ3) is 6.05. The minimum absolute atomic E-state index is 0.0188. The zero-order valence-electron chi connectivity index (χ0n) is 22.7. The molecule has 222 valence electrons. The van der Waals surface area contributed by atoms with Gasteiger partial charge in [-0.2, -0.15) is 4.31 Å². The topological polar surface area (TPSA) is 111 Å². The maximum Gasteiger partial charge on any atom is 0.306 e. The summed E-state index contributed by atoms with van der Waals surface area (Å²) < 4.78 is 59.0. The number of sulfonamides is 1. The summed E-state index contributed by atoms with van der Waals surface area (Å²) in [5, 5.41) is 9.10. The van der Waals surface area contributed by atoms with Crippen molar-refractivity contribution < 1.29 is 31.9 Å². The highest BCUT2D eigenvalue weighted by molar-refractivity contribution is 7.89. The molecular formula is C28H33ClF2N4O5S. The molecule has 13 heteroatoms. The van der Waals surface area contributed by atoms with E-state index in [0.717, 1.165) is 6.07 Å². The second-order valence-corrected chi connectivity index (χ2v) is 13.6. The van der Waals surface area contributed by atoms with Gasteiger partial charge in [-0.1, -0.05) is 18.5 Å². The van der Waals surface area contributed by atoms with Gasteiger partial charge in [0.05, 0.1) is 10.8 Å². The standard InChI is InChI=1S/C28H33ClF2N4O5S/c1-18-14-26(36)35(17-18)22-6-8-23(9-7-22)41(39,40)34-12-10-33(11-13-34)25-16-21(15-24(29)32-25)28(30,31)20-4-2-19(3-5-20)27(37)38/h6-9,15-16,18-20H,2-5,10-14,17H2,1H3,(H,37,38)/t18?,19-,20-. The molecular weight excluding hydrogens is 578 g/mol. The van der Waals surface area contributed by atoms with Crippen LogP contribution in [-0.2, 0) is 25.5 Å². The first kappa shape index (κ1) is 29.7. The number of nitrogens with zero attached hydrogens (tertiary/aromatic N) is 4. The number of hydrogen-bond acceptors (Lipinski definition) is 6. The molecule has 1 unspecified atom stereocenters. The van der Waals surface area contributed by atoms with Crippen LogP contribution >= 0.6 is 11.6 Å². The molecule has 0 radical (unpaired) electrons. The average molecular weight is 611 g/mol. The van der Waals surface area contributed by atoms with Crippen molar-refractivity contribution in [1.29, 1.82) is 0 Å². The van der Waals surface area contributed by atoms with Crippen molar-refractivity contribution >= 4 is 45.0 Å². The van der Waals surface area contributed by atoms with Crippen LogP contribution in [0.5, 0.6) is 0 Å². The summed E-state index contributed by atoms with van der Waals surface area (Å²) in [6, 6.07) is 8.75. The summed E-state index contributed by atoms with van der Waals surface area (Å²) in [4.78, 5) is 31.2. The average Bonchev–Trinajstić information content (AvgIpc) is 3.30. The number of alkyl halides is 2. The highest BCUT2D eigenvalue weighted by Gasteiger charge is 2.44. The zero-order valence-corrected chi connectivity index (χ0v) is 24.3. The van der Waals surface area contributed by atoms with E-state index in [0.29, 0.717) is 18.7 Å². The predicted molar refractivity (Wildman–Crippen MR) is 150 cm³/mol. The van der Waals surface area contributed by atoms with Gasteiger partial charge < -0.3 is 14.9 Å². The summed E-state index contributed by atoms with van der Waals surface area (Å²) in [6.07, 6.45) is 1.08. The number of carbonyl (C=O) groups is 2. The Morgan fingerprint density at radius 1 is 1.05 bits per heavy atom. The number of carboxylic acids is 1. The van der Waals surface area contributed by atoms with Gasteiger partial charge in [-0.25, -0.2) is 22.2 Å². The van der Waals surface area contributed by atoms with E-state index in [1.54, 1.807) is 21.9 Å². The fourth-order valence-corrected chi connectivity index (χ4v) is 7.64. The van der Waals surface area contributed by atoms with Crippen LogP contribution in [0.2, 0.25) is 5.15 Å². The Hall–Kier alpha value is -2.83. The van der Waals surface area contributed by atoms with E-state index >= 15 is 8.78 Å². The Labute approximate surface area is 243 Å². The van der Waals surface area contributed by atoms with E-state index in [9.17, 15) is 23.1 Å². The van der Waals surface area contributed by atoms with Crippen LogP contribution in [0.25, 0.3) is 0 Å². The molecule has 2 aromatic rings. The molecule has 1 N–H and O–H groups in total. The smallest absolute Gasteiger partial charge is 0.306 e. The molecule has 41 heavy (non-hydrogen) atoms. The number of benzene rings is 1. The van der Waals surface area contributed by atoms with Crippen molar-refractivity contribution in [2.24, 2.45) is 17.8 Å². The van der Waals surface area contributed by atoms with Gasteiger partial charge in [0, 0.05) is 56.3 Å². The number of rotatable bonds is 7. The van der Waals surface area contributed by atoms with E-state index in [4.69, 9.17) is 11.6 Å². The molecule has 2 aliphatic heterocycles. The number of aliphatic carboxylic acids is 1. The Morgan fingerprint density at radius 3 is 2.24 bits per heavy atom. The second kappa shape index (κ2) is 11.4. The van der Waals surface area contributed by atoms with Gasteiger partial charge in [0.25, 0.3) is 5.92 Å².